The average Bonchev–Trinajstić information content (AvgIpc) is 3.20. The Hall–Kier alpha value is -3.19. The van der Waals surface area contributed by atoms with Gasteiger partial charge < -0.3 is 4.74 Å². The summed E-state index contributed by atoms with van der Waals surface area (Å²) in [5.41, 5.74) is 1.71. The predicted octanol–water partition coefficient (Wildman–Crippen LogP) is 4.21. The molecule has 0 radical (unpaired) electrons. The third kappa shape index (κ3) is 3.61. The number of fused-ring (bicyclic) bond motifs is 1. The largest absolute Gasteiger partial charge is 0.465 e. The van der Waals surface area contributed by atoms with Crippen molar-refractivity contribution in [2.75, 3.05) is 6.61 Å². The summed E-state index contributed by atoms with van der Waals surface area (Å²) >= 11 is 1.28. The van der Waals surface area contributed by atoms with Crippen LogP contribution in [0.5, 0.6) is 0 Å². The number of thioether (sulfide) groups is 1. The van der Waals surface area contributed by atoms with Gasteiger partial charge in [-0.15, -0.1) is 5.10 Å². The zero-order valence-electron chi connectivity index (χ0n) is 15.2. The maximum Gasteiger partial charge on any atom is 0.324 e. The van der Waals surface area contributed by atoms with Crippen molar-refractivity contribution in [2.24, 2.45) is 0 Å². The van der Waals surface area contributed by atoms with Gasteiger partial charge in [-0.3, -0.25) is 4.79 Å². The molecule has 0 aliphatic rings. The molecule has 1 atom stereocenters. The van der Waals surface area contributed by atoms with Crippen LogP contribution in [-0.4, -0.2) is 32.8 Å². The number of nitrogens with zero attached hydrogens (tertiary/aromatic N) is 4. The molecule has 0 fully saturated rings. The van der Waals surface area contributed by atoms with E-state index in [9.17, 15) is 4.79 Å². The quantitative estimate of drug-likeness (QED) is 0.363. The Balaban J connectivity index is 1.74. The molecule has 0 spiro atoms. The molecule has 1 heterocycles. The van der Waals surface area contributed by atoms with E-state index in [1.807, 2.05) is 72.8 Å². The van der Waals surface area contributed by atoms with E-state index >= 15 is 0 Å². The first-order chi connectivity index (χ1) is 13.8. The van der Waals surface area contributed by atoms with Crippen LogP contribution < -0.4 is 0 Å². The van der Waals surface area contributed by atoms with Crippen molar-refractivity contribution < 1.29 is 9.53 Å². The van der Waals surface area contributed by atoms with Crippen molar-refractivity contribution in [3.8, 4) is 5.69 Å². The molecule has 0 N–H and O–H groups in total. The number of rotatable bonds is 6. The van der Waals surface area contributed by atoms with Crippen molar-refractivity contribution >= 4 is 28.5 Å². The second-order valence-corrected chi connectivity index (χ2v) is 7.10. The molecule has 7 heteroatoms. The number of ether oxygens (including phenoxy) is 1. The van der Waals surface area contributed by atoms with Gasteiger partial charge in [0.25, 0.3) is 0 Å². The first kappa shape index (κ1) is 18.2. The Morgan fingerprint density at radius 1 is 1.04 bits per heavy atom. The highest BCUT2D eigenvalue weighted by molar-refractivity contribution is 8.00. The lowest BCUT2D eigenvalue weighted by atomic mass is 10.1. The molecule has 0 amide bonds. The van der Waals surface area contributed by atoms with Crippen LogP contribution in [0, 0.1) is 0 Å². The van der Waals surface area contributed by atoms with Gasteiger partial charge in [0.1, 0.15) is 5.25 Å². The number of carbonyl (C=O) groups excluding carboxylic acids is 1. The lowest BCUT2D eigenvalue weighted by Gasteiger charge is -2.15. The number of tetrazole rings is 1. The van der Waals surface area contributed by atoms with E-state index in [2.05, 4.69) is 15.5 Å². The minimum Gasteiger partial charge on any atom is -0.465 e. The number of aromatic nitrogens is 4. The summed E-state index contributed by atoms with van der Waals surface area (Å²) in [6.45, 7) is 2.11. The van der Waals surface area contributed by atoms with E-state index in [1.165, 1.54) is 11.8 Å². The zero-order valence-corrected chi connectivity index (χ0v) is 16.0. The van der Waals surface area contributed by atoms with Crippen LogP contribution in [-0.2, 0) is 9.53 Å². The van der Waals surface area contributed by atoms with Crippen LogP contribution in [0.2, 0.25) is 0 Å². The Morgan fingerprint density at radius 3 is 2.61 bits per heavy atom. The molecular weight excluding hydrogens is 372 g/mol. The Morgan fingerprint density at radius 2 is 1.79 bits per heavy atom. The van der Waals surface area contributed by atoms with Gasteiger partial charge >= 0.3 is 5.97 Å². The van der Waals surface area contributed by atoms with Crippen molar-refractivity contribution in [3.63, 3.8) is 0 Å². The van der Waals surface area contributed by atoms with Gasteiger partial charge in [-0.2, -0.15) is 4.68 Å². The van der Waals surface area contributed by atoms with Crippen LogP contribution in [0.3, 0.4) is 0 Å². The van der Waals surface area contributed by atoms with Gasteiger partial charge in [-0.1, -0.05) is 78.5 Å². The number of carbonyl (C=O) groups is 1. The van der Waals surface area contributed by atoms with E-state index in [-0.39, 0.29) is 5.97 Å². The summed E-state index contributed by atoms with van der Waals surface area (Å²) in [7, 11) is 0. The third-order valence-electron chi connectivity index (χ3n) is 4.26. The molecule has 0 aliphatic heterocycles. The minimum absolute atomic E-state index is 0.314. The fourth-order valence-corrected chi connectivity index (χ4v) is 3.99. The monoisotopic (exact) mass is 390 g/mol. The second kappa shape index (κ2) is 8.22. The van der Waals surface area contributed by atoms with Crippen molar-refractivity contribution in [3.05, 3.63) is 78.4 Å². The highest BCUT2D eigenvalue weighted by Gasteiger charge is 2.26. The summed E-state index contributed by atoms with van der Waals surface area (Å²) in [6.07, 6.45) is 0. The average molecular weight is 390 g/mol. The maximum atomic E-state index is 12.6. The van der Waals surface area contributed by atoms with Crippen LogP contribution in [0.4, 0.5) is 0 Å². The van der Waals surface area contributed by atoms with Gasteiger partial charge in [0.2, 0.25) is 5.16 Å². The topological polar surface area (TPSA) is 69.9 Å². The fourth-order valence-electron chi connectivity index (χ4n) is 3.00. The highest BCUT2D eigenvalue weighted by atomic mass is 32.2. The number of hydrogen-bond donors (Lipinski definition) is 0. The van der Waals surface area contributed by atoms with Gasteiger partial charge in [-0.25, -0.2) is 0 Å². The summed E-state index contributed by atoms with van der Waals surface area (Å²) in [5, 5.41) is 14.3. The maximum absolute atomic E-state index is 12.6. The Kier molecular flexibility index (Phi) is 5.34. The molecular formula is C21H18N4O2S. The minimum atomic E-state index is -0.555. The van der Waals surface area contributed by atoms with Crippen LogP contribution in [0.25, 0.3) is 16.5 Å². The Bertz CT molecular complexity index is 1090. The van der Waals surface area contributed by atoms with Crippen molar-refractivity contribution in [1.29, 1.82) is 0 Å². The molecule has 140 valence electrons. The molecule has 0 bridgehead atoms. The van der Waals surface area contributed by atoms with Crippen molar-refractivity contribution in [2.45, 2.75) is 17.3 Å². The van der Waals surface area contributed by atoms with E-state index in [0.717, 1.165) is 22.0 Å². The van der Waals surface area contributed by atoms with Gasteiger partial charge in [0.05, 0.1) is 12.3 Å². The molecule has 1 aromatic heterocycles. The summed E-state index contributed by atoms with van der Waals surface area (Å²) < 4.78 is 6.95. The zero-order chi connectivity index (χ0) is 19.3. The number of esters is 1. The van der Waals surface area contributed by atoms with Gasteiger partial charge in [0, 0.05) is 5.39 Å². The van der Waals surface area contributed by atoms with E-state index < -0.39 is 5.25 Å². The normalized spacial score (nSPS) is 12.0. The number of benzene rings is 3. The fraction of sp³-hybridized carbons (Fsp3) is 0.143. The second-order valence-electron chi connectivity index (χ2n) is 6.03. The molecule has 0 saturated carbocycles. The van der Waals surface area contributed by atoms with E-state index in [1.54, 1.807) is 11.6 Å². The summed E-state index contributed by atoms with van der Waals surface area (Å²) in [6, 6.07) is 23.5. The van der Waals surface area contributed by atoms with Crippen molar-refractivity contribution in [1.82, 2.24) is 20.2 Å². The molecule has 4 rings (SSSR count). The predicted molar refractivity (Wildman–Crippen MR) is 108 cm³/mol. The van der Waals surface area contributed by atoms with Crippen LogP contribution in [0.15, 0.2) is 78.0 Å². The smallest absolute Gasteiger partial charge is 0.324 e. The number of hydrogen-bond acceptors (Lipinski definition) is 6. The van der Waals surface area contributed by atoms with Gasteiger partial charge in [0.15, 0.2) is 0 Å². The first-order valence-electron chi connectivity index (χ1n) is 8.92. The lowest BCUT2D eigenvalue weighted by molar-refractivity contribution is -0.142. The molecule has 3 aromatic carbocycles. The molecule has 4 aromatic rings. The molecule has 0 saturated heterocycles. The Labute approximate surface area is 166 Å². The molecule has 1 unspecified atom stereocenters. The van der Waals surface area contributed by atoms with Gasteiger partial charge in [-0.05, 0) is 34.4 Å². The standard InChI is InChI=1S/C21H18N4O2S/c1-2-27-20(26)19(16-10-4-3-5-11-16)28-21-22-23-24-25(21)18-14-8-12-15-9-6-7-13-17(15)18/h3-14,19H,2H2,1H3. The van der Waals surface area contributed by atoms with E-state index in [0.29, 0.717) is 11.8 Å². The van der Waals surface area contributed by atoms with Crippen LogP contribution >= 0.6 is 11.8 Å². The summed E-state index contributed by atoms with van der Waals surface area (Å²) in [5.74, 6) is -0.314. The molecule has 0 aliphatic carbocycles. The van der Waals surface area contributed by atoms with Crippen LogP contribution in [0.1, 0.15) is 17.7 Å². The highest BCUT2D eigenvalue weighted by Crippen LogP contribution is 2.36. The molecule has 28 heavy (non-hydrogen) atoms. The molecule has 6 nitrogen and oxygen atoms in total. The van der Waals surface area contributed by atoms with E-state index in [4.69, 9.17) is 4.74 Å². The lowest BCUT2D eigenvalue weighted by Crippen LogP contribution is -2.14. The summed E-state index contributed by atoms with van der Waals surface area (Å²) in [4.78, 5) is 12.6. The first-order valence-corrected chi connectivity index (χ1v) is 9.80. The SMILES string of the molecule is CCOC(=O)C(Sc1nnnn1-c1cccc2ccccc12)c1ccccc1. The third-order valence-corrected chi connectivity index (χ3v) is 5.43.